The summed E-state index contributed by atoms with van der Waals surface area (Å²) in [7, 11) is 0. The van der Waals surface area contributed by atoms with Crippen LogP contribution in [0.15, 0.2) is 65.8 Å². The molecule has 0 aliphatic carbocycles. The van der Waals surface area contributed by atoms with E-state index >= 15 is 0 Å². The van der Waals surface area contributed by atoms with Gasteiger partial charge in [-0.15, -0.1) is 0 Å². The predicted octanol–water partition coefficient (Wildman–Crippen LogP) is 5.71. The number of hydrogen-bond donors (Lipinski definition) is 2. The third-order valence-corrected chi connectivity index (χ3v) is 5.43. The van der Waals surface area contributed by atoms with E-state index in [1.54, 1.807) is 42.5 Å². The van der Waals surface area contributed by atoms with Gasteiger partial charge in [-0.2, -0.15) is 5.10 Å². The summed E-state index contributed by atoms with van der Waals surface area (Å²) in [4.78, 5) is 24.1. The lowest BCUT2D eigenvalue weighted by atomic mass is 10.2. The van der Waals surface area contributed by atoms with Crippen LogP contribution in [-0.2, 0) is 16.2 Å². The van der Waals surface area contributed by atoms with E-state index < -0.39 is 11.8 Å². The second-order valence-electron chi connectivity index (χ2n) is 6.81. The lowest BCUT2D eigenvalue weighted by molar-refractivity contribution is -0.136. The summed E-state index contributed by atoms with van der Waals surface area (Å²) >= 11 is 17.8. The largest absolute Gasteiger partial charge is 0.490 e. The van der Waals surface area contributed by atoms with Crippen molar-refractivity contribution in [3.8, 4) is 11.5 Å². The number of hydrogen-bond acceptors (Lipinski definition) is 5. The molecule has 0 aliphatic heterocycles. The van der Waals surface area contributed by atoms with E-state index in [0.717, 1.165) is 5.56 Å². The number of ether oxygens (including phenoxy) is 2. The summed E-state index contributed by atoms with van der Waals surface area (Å²) < 4.78 is 11.5. The van der Waals surface area contributed by atoms with Crippen LogP contribution in [0.25, 0.3) is 0 Å². The Morgan fingerprint density at radius 2 is 1.71 bits per heavy atom. The maximum absolute atomic E-state index is 12.1. The predicted molar refractivity (Wildman–Crippen MR) is 134 cm³/mol. The van der Waals surface area contributed by atoms with Crippen molar-refractivity contribution >= 4 is 58.5 Å². The van der Waals surface area contributed by atoms with Gasteiger partial charge in [0.2, 0.25) is 0 Å². The molecule has 0 fully saturated rings. The highest BCUT2D eigenvalue weighted by Gasteiger charge is 2.15. The van der Waals surface area contributed by atoms with Crippen molar-refractivity contribution in [2.24, 2.45) is 5.10 Å². The van der Waals surface area contributed by atoms with Crippen molar-refractivity contribution in [2.75, 3.05) is 11.9 Å². The van der Waals surface area contributed by atoms with Gasteiger partial charge in [0.05, 0.1) is 28.6 Å². The first kappa shape index (κ1) is 25.4. The Labute approximate surface area is 211 Å². The van der Waals surface area contributed by atoms with E-state index in [1.165, 1.54) is 12.3 Å². The van der Waals surface area contributed by atoms with Crippen molar-refractivity contribution in [3.05, 3.63) is 86.9 Å². The number of anilines is 1. The van der Waals surface area contributed by atoms with E-state index in [0.29, 0.717) is 35.3 Å². The van der Waals surface area contributed by atoms with Gasteiger partial charge >= 0.3 is 11.8 Å². The van der Waals surface area contributed by atoms with Crippen LogP contribution in [0, 0.1) is 0 Å². The molecule has 3 aromatic carbocycles. The van der Waals surface area contributed by atoms with Crippen LogP contribution >= 0.6 is 34.8 Å². The molecule has 0 spiro atoms. The quantitative estimate of drug-likeness (QED) is 0.226. The Bertz CT molecular complexity index is 1200. The van der Waals surface area contributed by atoms with Crippen LogP contribution in [0.1, 0.15) is 18.1 Å². The standard InChI is InChI=1S/C24H20Cl3N3O4/c1-2-33-21-12-16(8-11-20(21)34-14-15-6-9-17(25)10-7-15)13-28-30-24(32)23(31)29-19-5-3-4-18(26)22(19)27/h3-13H,2,14H2,1H3,(H,29,31)(H,30,32)/b28-13+. The molecule has 7 nitrogen and oxygen atoms in total. The van der Waals surface area contributed by atoms with E-state index in [-0.39, 0.29) is 15.7 Å². The third-order valence-electron chi connectivity index (χ3n) is 4.36. The topological polar surface area (TPSA) is 89.0 Å². The number of halogens is 3. The van der Waals surface area contributed by atoms with Crippen LogP contribution < -0.4 is 20.2 Å². The number of nitrogens with one attached hydrogen (secondary N) is 2. The molecule has 3 rings (SSSR count). The summed E-state index contributed by atoms with van der Waals surface area (Å²) in [6.45, 7) is 2.63. The van der Waals surface area contributed by atoms with Crippen LogP contribution in [0.4, 0.5) is 5.69 Å². The number of hydrazone groups is 1. The van der Waals surface area contributed by atoms with Crippen LogP contribution in [-0.4, -0.2) is 24.6 Å². The Morgan fingerprint density at radius 1 is 0.941 bits per heavy atom. The van der Waals surface area contributed by atoms with Crippen LogP contribution in [0.2, 0.25) is 15.1 Å². The molecule has 10 heteroatoms. The van der Waals surface area contributed by atoms with Crippen LogP contribution in [0.5, 0.6) is 11.5 Å². The molecule has 0 unspecified atom stereocenters. The average molecular weight is 521 g/mol. The molecular weight excluding hydrogens is 501 g/mol. The maximum atomic E-state index is 12.1. The third kappa shape index (κ3) is 7.12. The minimum atomic E-state index is -0.972. The maximum Gasteiger partial charge on any atom is 0.329 e. The van der Waals surface area contributed by atoms with Crippen LogP contribution in [0.3, 0.4) is 0 Å². The fraction of sp³-hybridized carbons (Fsp3) is 0.125. The molecule has 0 aliphatic rings. The van der Waals surface area contributed by atoms with Crippen molar-refractivity contribution in [1.29, 1.82) is 0 Å². The fourth-order valence-corrected chi connectivity index (χ4v) is 3.20. The minimum Gasteiger partial charge on any atom is -0.490 e. The van der Waals surface area contributed by atoms with Gasteiger partial charge in [0.15, 0.2) is 11.5 Å². The zero-order valence-electron chi connectivity index (χ0n) is 18.0. The molecule has 0 saturated heterocycles. The first-order chi connectivity index (χ1) is 16.4. The molecule has 2 amide bonds. The Balaban J connectivity index is 1.60. The lowest BCUT2D eigenvalue weighted by Crippen LogP contribution is -2.32. The summed E-state index contributed by atoms with van der Waals surface area (Å²) in [6.07, 6.45) is 1.38. The van der Waals surface area contributed by atoms with Gasteiger partial charge in [-0.25, -0.2) is 5.43 Å². The van der Waals surface area contributed by atoms with Gasteiger partial charge < -0.3 is 14.8 Å². The summed E-state index contributed by atoms with van der Waals surface area (Å²) in [5, 5.41) is 7.24. The molecular formula is C24H20Cl3N3O4. The zero-order chi connectivity index (χ0) is 24.5. The Hall–Kier alpha value is -3.26. The molecule has 2 N–H and O–H groups in total. The number of rotatable bonds is 8. The van der Waals surface area contributed by atoms with Crippen molar-refractivity contribution in [1.82, 2.24) is 5.43 Å². The van der Waals surface area contributed by atoms with Crippen molar-refractivity contribution in [3.63, 3.8) is 0 Å². The van der Waals surface area contributed by atoms with Gasteiger partial charge in [-0.05, 0) is 60.5 Å². The van der Waals surface area contributed by atoms with E-state index in [4.69, 9.17) is 44.3 Å². The molecule has 0 saturated carbocycles. The Kier molecular flexibility index (Phi) is 9.16. The molecule has 0 atom stereocenters. The zero-order valence-corrected chi connectivity index (χ0v) is 20.2. The number of benzene rings is 3. The van der Waals surface area contributed by atoms with Crippen molar-refractivity contribution < 1.29 is 19.1 Å². The molecule has 0 heterocycles. The first-order valence-corrected chi connectivity index (χ1v) is 11.2. The number of nitrogens with zero attached hydrogens (tertiary/aromatic N) is 1. The first-order valence-electron chi connectivity index (χ1n) is 10.1. The molecule has 0 bridgehead atoms. The minimum absolute atomic E-state index is 0.135. The summed E-state index contributed by atoms with van der Waals surface area (Å²) in [5.41, 5.74) is 3.96. The number of amides is 2. The smallest absolute Gasteiger partial charge is 0.329 e. The fourth-order valence-electron chi connectivity index (χ4n) is 2.73. The summed E-state index contributed by atoms with van der Waals surface area (Å²) in [6, 6.07) is 17.2. The van der Waals surface area contributed by atoms with Gasteiger partial charge in [-0.3, -0.25) is 9.59 Å². The molecule has 3 aromatic rings. The highest BCUT2D eigenvalue weighted by Crippen LogP contribution is 2.30. The second kappa shape index (κ2) is 12.3. The monoisotopic (exact) mass is 519 g/mol. The lowest BCUT2D eigenvalue weighted by Gasteiger charge is -2.12. The Morgan fingerprint density at radius 3 is 2.44 bits per heavy atom. The van der Waals surface area contributed by atoms with Crippen molar-refractivity contribution in [2.45, 2.75) is 13.5 Å². The molecule has 0 radical (unpaired) electrons. The highest BCUT2D eigenvalue weighted by molar-refractivity contribution is 6.45. The molecule has 0 aromatic heterocycles. The molecule has 176 valence electrons. The van der Waals surface area contributed by atoms with E-state index in [9.17, 15) is 9.59 Å². The second-order valence-corrected chi connectivity index (χ2v) is 8.03. The van der Waals surface area contributed by atoms with Gasteiger partial charge in [0.1, 0.15) is 6.61 Å². The highest BCUT2D eigenvalue weighted by atomic mass is 35.5. The number of carbonyl (C=O) groups is 2. The SMILES string of the molecule is CCOc1cc(/C=N/NC(=O)C(=O)Nc2cccc(Cl)c2Cl)ccc1OCc1ccc(Cl)cc1. The van der Waals surface area contributed by atoms with Gasteiger partial charge in [0.25, 0.3) is 0 Å². The average Bonchev–Trinajstić information content (AvgIpc) is 2.82. The molecule has 34 heavy (non-hydrogen) atoms. The van der Waals surface area contributed by atoms with Gasteiger partial charge in [0, 0.05) is 5.02 Å². The van der Waals surface area contributed by atoms with E-state index in [1.807, 2.05) is 19.1 Å². The van der Waals surface area contributed by atoms with E-state index in [2.05, 4.69) is 15.8 Å². The summed E-state index contributed by atoms with van der Waals surface area (Å²) in [5.74, 6) is -0.849. The number of carbonyl (C=O) groups excluding carboxylic acids is 2. The van der Waals surface area contributed by atoms with Gasteiger partial charge in [-0.1, -0.05) is 53.0 Å². The normalized spacial score (nSPS) is 10.7.